The molecule has 1 aromatic heterocycles. The average molecular weight is 275 g/mol. The fraction of sp³-hybridized carbons (Fsp3) is 0.286. The quantitative estimate of drug-likeness (QED) is 0.912. The van der Waals surface area contributed by atoms with Crippen LogP contribution in [0.3, 0.4) is 0 Å². The monoisotopic (exact) mass is 275 g/mol. The zero-order valence-electron chi connectivity index (χ0n) is 11.1. The molecule has 1 heterocycles. The molecule has 0 atom stereocenters. The first-order valence-electron chi connectivity index (χ1n) is 6.20. The Morgan fingerprint density at radius 3 is 2.79 bits per heavy atom. The first-order chi connectivity index (χ1) is 9.20. The number of para-hydroxylation sites is 1. The Bertz CT molecular complexity index is 539. The first kappa shape index (κ1) is 13.5. The number of hydrogen-bond acceptors (Lipinski definition) is 4. The topological polar surface area (TPSA) is 45.2 Å². The van der Waals surface area contributed by atoms with Crippen LogP contribution in [-0.4, -0.2) is 17.9 Å². The Kier molecular flexibility index (Phi) is 4.52. The van der Waals surface area contributed by atoms with Crippen LogP contribution in [0.4, 0.5) is 10.8 Å². The molecule has 1 N–H and O–H groups in total. The second-order valence-corrected chi connectivity index (χ2v) is 4.98. The Morgan fingerprint density at radius 1 is 1.37 bits per heavy atom. The Hall–Kier alpha value is -1.88. The molecule has 0 radical (unpaired) electrons. The van der Waals surface area contributed by atoms with Gasteiger partial charge in [-0.3, -0.25) is 4.79 Å². The predicted octanol–water partition coefficient (Wildman–Crippen LogP) is 2.94. The number of amides is 1. The van der Waals surface area contributed by atoms with Gasteiger partial charge in [-0.2, -0.15) is 0 Å². The van der Waals surface area contributed by atoms with E-state index in [-0.39, 0.29) is 5.91 Å². The highest BCUT2D eigenvalue weighted by molar-refractivity contribution is 7.13. The molecule has 2 aromatic rings. The molecule has 19 heavy (non-hydrogen) atoms. The van der Waals surface area contributed by atoms with Crippen molar-refractivity contribution in [3.63, 3.8) is 0 Å². The van der Waals surface area contributed by atoms with Crippen LogP contribution in [0.5, 0.6) is 0 Å². The molecule has 5 heteroatoms. The van der Waals surface area contributed by atoms with Crippen LogP contribution in [0, 0.1) is 0 Å². The first-order valence-corrected chi connectivity index (χ1v) is 7.08. The molecular weight excluding hydrogens is 258 g/mol. The highest BCUT2D eigenvalue weighted by Gasteiger charge is 2.09. The summed E-state index contributed by atoms with van der Waals surface area (Å²) in [5.74, 6) is 0.0472. The molecular formula is C14H17N3OS. The second-order valence-electron chi connectivity index (χ2n) is 4.15. The number of benzene rings is 1. The number of carbonyl (C=O) groups excluding carboxylic acids is 1. The average Bonchev–Trinajstić information content (AvgIpc) is 2.93. The number of carbonyl (C=O) groups is 1. The summed E-state index contributed by atoms with van der Waals surface area (Å²) in [7, 11) is 1.99. The van der Waals surface area contributed by atoms with Crippen molar-refractivity contribution in [3.05, 3.63) is 41.4 Å². The summed E-state index contributed by atoms with van der Waals surface area (Å²) in [6.07, 6.45) is 0.501. The summed E-state index contributed by atoms with van der Waals surface area (Å²) < 4.78 is 0. The van der Waals surface area contributed by atoms with E-state index in [2.05, 4.69) is 10.3 Å². The fourth-order valence-electron chi connectivity index (χ4n) is 1.61. The molecule has 0 aliphatic carbocycles. The van der Waals surface area contributed by atoms with Gasteiger partial charge in [0.05, 0.1) is 12.2 Å². The van der Waals surface area contributed by atoms with E-state index in [4.69, 9.17) is 0 Å². The van der Waals surface area contributed by atoms with Crippen molar-refractivity contribution in [2.45, 2.75) is 19.9 Å². The maximum Gasteiger partial charge on any atom is 0.220 e. The summed E-state index contributed by atoms with van der Waals surface area (Å²) in [5, 5.41) is 5.73. The van der Waals surface area contributed by atoms with Gasteiger partial charge in [-0.05, 0) is 12.1 Å². The number of rotatable bonds is 5. The van der Waals surface area contributed by atoms with Crippen molar-refractivity contribution in [1.29, 1.82) is 0 Å². The third kappa shape index (κ3) is 3.54. The van der Waals surface area contributed by atoms with E-state index in [9.17, 15) is 4.79 Å². The number of nitrogens with zero attached hydrogens (tertiary/aromatic N) is 2. The molecule has 0 unspecified atom stereocenters. The van der Waals surface area contributed by atoms with E-state index >= 15 is 0 Å². The number of hydrogen-bond donors (Lipinski definition) is 1. The molecule has 0 aliphatic heterocycles. The van der Waals surface area contributed by atoms with Crippen molar-refractivity contribution in [2.24, 2.45) is 0 Å². The van der Waals surface area contributed by atoms with Crippen molar-refractivity contribution in [1.82, 2.24) is 10.3 Å². The maximum atomic E-state index is 11.2. The lowest BCUT2D eigenvalue weighted by atomic mass is 10.3. The van der Waals surface area contributed by atoms with Crippen LogP contribution in [0.2, 0.25) is 0 Å². The lowest BCUT2D eigenvalue weighted by Gasteiger charge is -2.15. The lowest BCUT2D eigenvalue weighted by Crippen LogP contribution is -2.21. The smallest absolute Gasteiger partial charge is 0.220 e. The minimum absolute atomic E-state index is 0.0472. The van der Waals surface area contributed by atoms with Crippen molar-refractivity contribution >= 4 is 28.1 Å². The van der Waals surface area contributed by atoms with Crippen molar-refractivity contribution < 1.29 is 4.79 Å². The normalized spacial score (nSPS) is 10.2. The molecule has 0 aliphatic rings. The molecule has 0 spiro atoms. The molecule has 0 fully saturated rings. The highest BCUT2D eigenvalue weighted by Crippen LogP contribution is 2.26. The van der Waals surface area contributed by atoms with Gasteiger partial charge in [-0.1, -0.05) is 25.1 Å². The van der Waals surface area contributed by atoms with Gasteiger partial charge in [-0.25, -0.2) is 4.98 Å². The van der Waals surface area contributed by atoms with Gasteiger partial charge in [0, 0.05) is 24.5 Å². The van der Waals surface area contributed by atoms with Gasteiger partial charge in [-0.15, -0.1) is 11.3 Å². The van der Waals surface area contributed by atoms with Crippen LogP contribution in [0.25, 0.3) is 0 Å². The van der Waals surface area contributed by atoms with Gasteiger partial charge >= 0.3 is 0 Å². The Morgan fingerprint density at radius 2 is 2.11 bits per heavy atom. The number of anilines is 2. The minimum atomic E-state index is 0.0472. The number of thiazole rings is 1. The largest absolute Gasteiger partial charge is 0.350 e. The predicted molar refractivity (Wildman–Crippen MR) is 78.8 cm³/mol. The molecule has 0 bridgehead atoms. The highest BCUT2D eigenvalue weighted by atomic mass is 32.1. The standard InChI is InChI=1S/C14H17N3OS/c1-3-13(18)15-9-11-10-19-14(16-11)17(2)12-7-5-4-6-8-12/h4-8,10H,3,9H2,1-2H3,(H,15,18). The summed E-state index contributed by atoms with van der Waals surface area (Å²) in [5.41, 5.74) is 1.99. The van der Waals surface area contributed by atoms with Gasteiger partial charge in [0.2, 0.25) is 5.91 Å². The second kappa shape index (κ2) is 6.33. The molecule has 100 valence electrons. The molecule has 0 saturated heterocycles. The van der Waals surface area contributed by atoms with Gasteiger partial charge in [0.15, 0.2) is 5.13 Å². The van der Waals surface area contributed by atoms with E-state index in [1.807, 2.05) is 54.6 Å². The minimum Gasteiger partial charge on any atom is -0.350 e. The van der Waals surface area contributed by atoms with E-state index in [0.29, 0.717) is 13.0 Å². The van der Waals surface area contributed by atoms with Gasteiger partial charge in [0.25, 0.3) is 0 Å². The zero-order chi connectivity index (χ0) is 13.7. The zero-order valence-corrected chi connectivity index (χ0v) is 11.9. The Labute approximate surface area is 117 Å². The van der Waals surface area contributed by atoms with Crippen molar-refractivity contribution in [3.8, 4) is 0 Å². The van der Waals surface area contributed by atoms with E-state index in [0.717, 1.165) is 16.5 Å². The van der Waals surface area contributed by atoms with Crippen molar-refractivity contribution in [2.75, 3.05) is 11.9 Å². The maximum absolute atomic E-state index is 11.2. The van der Waals surface area contributed by atoms with Crippen LogP contribution in [0.15, 0.2) is 35.7 Å². The summed E-state index contributed by atoms with van der Waals surface area (Å²) in [6.45, 7) is 2.33. The number of aromatic nitrogens is 1. The molecule has 2 rings (SSSR count). The van der Waals surface area contributed by atoms with E-state index < -0.39 is 0 Å². The van der Waals surface area contributed by atoms with Gasteiger partial charge in [0.1, 0.15) is 0 Å². The van der Waals surface area contributed by atoms with Crippen LogP contribution in [-0.2, 0) is 11.3 Å². The van der Waals surface area contributed by atoms with Crippen LogP contribution >= 0.6 is 11.3 Å². The molecule has 1 aromatic carbocycles. The number of nitrogens with one attached hydrogen (secondary N) is 1. The SMILES string of the molecule is CCC(=O)NCc1csc(N(C)c2ccccc2)n1. The Balaban J connectivity index is 2.02. The molecule has 0 saturated carbocycles. The lowest BCUT2D eigenvalue weighted by molar-refractivity contribution is -0.120. The van der Waals surface area contributed by atoms with Gasteiger partial charge < -0.3 is 10.2 Å². The third-order valence-electron chi connectivity index (χ3n) is 2.76. The molecule has 1 amide bonds. The summed E-state index contributed by atoms with van der Waals surface area (Å²) in [6, 6.07) is 10.1. The van der Waals surface area contributed by atoms with Crippen LogP contribution in [0.1, 0.15) is 19.0 Å². The summed E-state index contributed by atoms with van der Waals surface area (Å²) >= 11 is 1.58. The molecule has 4 nitrogen and oxygen atoms in total. The summed E-state index contributed by atoms with van der Waals surface area (Å²) in [4.78, 5) is 17.8. The van der Waals surface area contributed by atoms with Crippen LogP contribution < -0.4 is 10.2 Å². The fourth-order valence-corrected chi connectivity index (χ4v) is 2.42. The third-order valence-corrected chi connectivity index (χ3v) is 3.72. The van der Waals surface area contributed by atoms with E-state index in [1.54, 1.807) is 11.3 Å². The van der Waals surface area contributed by atoms with E-state index in [1.165, 1.54) is 0 Å².